The average Bonchev–Trinajstić information content (AvgIpc) is 3.40. The Labute approximate surface area is 218 Å². The second-order valence-corrected chi connectivity index (χ2v) is 10.2. The summed E-state index contributed by atoms with van der Waals surface area (Å²) in [5.41, 5.74) is 2.16. The minimum Gasteiger partial charge on any atom is -0.485 e. The maximum atomic E-state index is 12.8. The molecule has 3 aromatic heterocycles. The minimum absolute atomic E-state index is 0.177. The molecule has 0 N–H and O–H groups in total. The highest BCUT2D eigenvalue weighted by Gasteiger charge is 2.25. The Morgan fingerprint density at radius 1 is 1.13 bits per heavy atom. The molecule has 0 fully saturated rings. The van der Waals surface area contributed by atoms with Gasteiger partial charge >= 0.3 is 5.69 Å². The summed E-state index contributed by atoms with van der Waals surface area (Å²) in [6.07, 6.45) is 1.98. The monoisotopic (exact) mass is 517 g/mol. The molecule has 2 aliphatic heterocycles. The Balaban J connectivity index is 1.15. The summed E-state index contributed by atoms with van der Waals surface area (Å²) in [5, 5.41) is 4.01. The second-order valence-electron chi connectivity index (χ2n) is 10.2. The number of hydrogen-bond acceptors (Lipinski definition) is 10. The topological polar surface area (TPSA) is 124 Å². The lowest BCUT2D eigenvalue weighted by atomic mass is 9.97. The first-order valence-electron chi connectivity index (χ1n) is 12.4. The molecule has 0 saturated carbocycles. The molecular weight excluding hydrogens is 490 g/mol. The molecule has 6 rings (SSSR count). The molecule has 0 radical (unpaired) electrons. The van der Waals surface area contributed by atoms with E-state index in [9.17, 15) is 4.79 Å². The van der Waals surface area contributed by atoms with Crippen molar-refractivity contribution >= 4 is 0 Å². The number of ether oxygens (including phenoxy) is 4. The zero-order valence-electron chi connectivity index (χ0n) is 21.3. The largest absolute Gasteiger partial charge is 0.485 e. The lowest BCUT2D eigenvalue weighted by molar-refractivity contribution is 0.0486. The number of aryl methyl sites for hydroxylation is 1. The zero-order valence-corrected chi connectivity index (χ0v) is 21.3. The van der Waals surface area contributed by atoms with Crippen molar-refractivity contribution in [2.75, 3.05) is 13.2 Å². The fraction of sp³-hybridized carbons (Fsp3) is 0.370. The molecule has 38 heavy (non-hydrogen) atoms. The standard InChI is InChI=1S/C27H27N5O6/c1-27(2,3)25-29-22(31-38-25)15-34-17-6-7-19-16(11-17)8-10-32-20(19)12-23(30-26(32)33)35-13-18-14-36-24-21(37-18)5-4-9-28-24/h4-7,9,11-12,18H,8,10,13-15H2,1-3H3. The van der Waals surface area contributed by atoms with E-state index in [0.717, 1.165) is 16.8 Å². The van der Waals surface area contributed by atoms with Crippen LogP contribution in [0.4, 0.5) is 0 Å². The molecule has 0 aliphatic carbocycles. The van der Waals surface area contributed by atoms with Crippen LogP contribution in [0.1, 0.15) is 38.0 Å². The highest BCUT2D eigenvalue weighted by molar-refractivity contribution is 5.67. The van der Waals surface area contributed by atoms with Gasteiger partial charge in [-0.25, -0.2) is 9.78 Å². The Morgan fingerprint density at radius 3 is 2.87 bits per heavy atom. The molecule has 4 aromatic rings. The maximum absolute atomic E-state index is 12.8. The first-order valence-corrected chi connectivity index (χ1v) is 12.4. The first kappa shape index (κ1) is 24.0. The van der Waals surface area contributed by atoms with Crippen LogP contribution in [0.25, 0.3) is 11.3 Å². The van der Waals surface area contributed by atoms with E-state index in [1.54, 1.807) is 29.0 Å². The predicted molar refractivity (Wildman–Crippen MR) is 135 cm³/mol. The van der Waals surface area contributed by atoms with E-state index < -0.39 is 0 Å². The highest BCUT2D eigenvalue weighted by atomic mass is 16.6. The van der Waals surface area contributed by atoms with Crippen LogP contribution in [-0.4, -0.2) is 44.0 Å². The molecule has 196 valence electrons. The van der Waals surface area contributed by atoms with Crippen LogP contribution >= 0.6 is 0 Å². The summed E-state index contributed by atoms with van der Waals surface area (Å²) >= 11 is 0. The Bertz CT molecular complexity index is 1540. The number of hydrogen-bond donors (Lipinski definition) is 0. The van der Waals surface area contributed by atoms with E-state index in [-0.39, 0.29) is 36.3 Å². The van der Waals surface area contributed by atoms with Crippen LogP contribution in [-0.2, 0) is 25.0 Å². The Morgan fingerprint density at radius 2 is 2.03 bits per heavy atom. The molecule has 2 aliphatic rings. The molecule has 1 aromatic carbocycles. The predicted octanol–water partition coefficient (Wildman–Crippen LogP) is 3.34. The zero-order chi connectivity index (χ0) is 26.3. The van der Waals surface area contributed by atoms with Gasteiger partial charge in [-0.15, -0.1) is 0 Å². The van der Waals surface area contributed by atoms with Crippen LogP contribution in [0.15, 0.2) is 51.9 Å². The molecule has 11 heteroatoms. The van der Waals surface area contributed by atoms with Crippen molar-refractivity contribution in [2.45, 2.75) is 51.9 Å². The summed E-state index contributed by atoms with van der Waals surface area (Å²) in [7, 11) is 0. The number of rotatable bonds is 6. The van der Waals surface area contributed by atoms with Crippen LogP contribution in [0, 0.1) is 0 Å². The molecule has 1 atom stereocenters. The lowest BCUT2D eigenvalue weighted by Gasteiger charge is -2.25. The molecule has 0 saturated heterocycles. The molecule has 5 heterocycles. The molecule has 11 nitrogen and oxygen atoms in total. The third kappa shape index (κ3) is 4.79. The van der Waals surface area contributed by atoms with E-state index in [1.807, 2.05) is 39.0 Å². The van der Waals surface area contributed by atoms with E-state index in [0.29, 0.717) is 48.7 Å². The number of fused-ring (bicyclic) bond motifs is 4. The van der Waals surface area contributed by atoms with Crippen molar-refractivity contribution in [1.29, 1.82) is 0 Å². The van der Waals surface area contributed by atoms with Crippen LogP contribution in [0.5, 0.6) is 23.3 Å². The smallest absolute Gasteiger partial charge is 0.351 e. The molecular formula is C27H27N5O6. The van der Waals surface area contributed by atoms with Gasteiger partial charge in [-0.3, -0.25) is 4.57 Å². The Kier molecular flexibility index (Phi) is 5.97. The molecule has 0 bridgehead atoms. The average molecular weight is 518 g/mol. The number of nitrogens with zero attached hydrogens (tertiary/aromatic N) is 5. The summed E-state index contributed by atoms with van der Waals surface area (Å²) in [6, 6.07) is 11.1. The second kappa shape index (κ2) is 9.47. The molecule has 1 unspecified atom stereocenters. The van der Waals surface area contributed by atoms with Crippen LogP contribution in [0.3, 0.4) is 0 Å². The molecule has 0 spiro atoms. The summed E-state index contributed by atoms with van der Waals surface area (Å²) < 4.78 is 30.3. The van der Waals surface area contributed by atoms with Gasteiger partial charge in [0, 0.05) is 29.8 Å². The molecule has 0 amide bonds. The van der Waals surface area contributed by atoms with Gasteiger partial charge in [0.05, 0.1) is 5.69 Å². The fourth-order valence-corrected chi connectivity index (χ4v) is 4.33. The third-order valence-electron chi connectivity index (χ3n) is 6.28. The highest BCUT2D eigenvalue weighted by Crippen LogP contribution is 2.33. The van der Waals surface area contributed by atoms with Crippen molar-refractivity contribution in [1.82, 2.24) is 24.7 Å². The Hall–Kier alpha value is -4.41. The van der Waals surface area contributed by atoms with E-state index in [2.05, 4.69) is 20.1 Å². The van der Waals surface area contributed by atoms with E-state index >= 15 is 0 Å². The minimum atomic E-state index is -0.356. The van der Waals surface area contributed by atoms with Crippen molar-refractivity contribution < 1.29 is 23.5 Å². The summed E-state index contributed by atoms with van der Waals surface area (Å²) in [5.74, 6) is 3.01. The SMILES string of the molecule is CC(C)(C)c1nc(COc2ccc3c(c2)CCn2c-3cc(OCC3COc4ncccc4O3)nc2=O)no1. The van der Waals surface area contributed by atoms with Gasteiger partial charge in [-0.05, 0) is 42.3 Å². The number of aromatic nitrogens is 5. The summed E-state index contributed by atoms with van der Waals surface area (Å²) in [6.45, 7) is 7.22. The van der Waals surface area contributed by atoms with Crippen molar-refractivity contribution in [2.24, 2.45) is 0 Å². The van der Waals surface area contributed by atoms with E-state index in [1.165, 1.54) is 0 Å². The summed E-state index contributed by atoms with van der Waals surface area (Å²) in [4.78, 5) is 25.4. The van der Waals surface area contributed by atoms with Crippen molar-refractivity contribution in [3.63, 3.8) is 0 Å². The van der Waals surface area contributed by atoms with E-state index in [4.69, 9.17) is 23.5 Å². The van der Waals surface area contributed by atoms with Gasteiger partial charge in [0.1, 0.15) is 19.0 Å². The van der Waals surface area contributed by atoms with Gasteiger partial charge in [0.25, 0.3) is 5.88 Å². The third-order valence-corrected chi connectivity index (χ3v) is 6.28. The lowest BCUT2D eigenvalue weighted by Crippen LogP contribution is -2.35. The van der Waals surface area contributed by atoms with Crippen LogP contribution < -0.4 is 24.6 Å². The van der Waals surface area contributed by atoms with Gasteiger partial charge < -0.3 is 23.5 Å². The van der Waals surface area contributed by atoms with Gasteiger partial charge in [0.15, 0.2) is 18.5 Å². The van der Waals surface area contributed by atoms with Crippen LogP contribution in [0.2, 0.25) is 0 Å². The van der Waals surface area contributed by atoms with Crippen molar-refractivity contribution in [3.05, 3.63) is 70.4 Å². The number of benzene rings is 1. The quantitative estimate of drug-likeness (QED) is 0.376. The number of pyridine rings is 1. The first-order chi connectivity index (χ1) is 18.3. The normalized spacial score (nSPS) is 15.9. The van der Waals surface area contributed by atoms with Gasteiger partial charge in [-0.1, -0.05) is 25.9 Å². The van der Waals surface area contributed by atoms with Gasteiger partial charge in [-0.2, -0.15) is 9.97 Å². The maximum Gasteiger partial charge on any atom is 0.351 e. The van der Waals surface area contributed by atoms with Gasteiger partial charge in [0.2, 0.25) is 17.6 Å². The van der Waals surface area contributed by atoms with Crippen molar-refractivity contribution in [3.8, 4) is 34.5 Å². The fourth-order valence-electron chi connectivity index (χ4n) is 4.33.